The first-order valence-corrected chi connectivity index (χ1v) is 15.4. The van der Waals surface area contributed by atoms with Crippen LogP contribution in [0.25, 0.3) is 0 Å². The van der Waals surface area contributed by atoms with Crippen molar-refractivity contribution < 1.29 is 28.8 Å². The predicted molar refractivity (Wildman–Crippen MR) is 176 cm³/mol. The third kappa shape index (κ3) is 7.47. The van der Waals surface area contributed by atoms with Crippen molar-refractivity contribution in [1.82, 2.24) is 10.9 Å². The molecule has 4 aromatic carbocycles. The van der Waals surface area contributed by atoms with E-state index in [1.165, 1.54) is 0 Å². The number of methoxy groups -OCH3 is 2. The van der Waals surface area contributed by atoms with Gasteiger partial charge in [-0.05, 0) is 47.5 Å². The Morgan fingerprint density at radius 1 is 0.933 bits per heavy atom. The average Bonchev–Trinajstić information content (AvgIpc) is 3.47. The number of hydrazine groups is 1. The van der Waals surface area contributed by atoms with E-state index in [2.05, 4.69) is 26.8 Å². The zero-order chi connectivity index (χ0) is 31.6. The summed E-state index contributed by atoms with van der Waals surface area (Å²) in [4.78, 5) is 19.5. The number of nitrogens with zero attached hydrogens (tertiary/aromatic N) is 1. The number of benzene rings is 4. The van der Waals surface area contributed by atoms with Gasteiger partial charge in [0.25, 0.3) is 5.91 Å². The van der Waals surface area contributed by atoms with E-state index in [1.54, 1.807) is 20.3 Å². The molecule has 1 aliphatic rings. The molecule has 0 bridgehead atoms. The Morgan fingerprint density at radius 2 is 1.67 bits per heavy atom. The highest BCUT2D eigenvalue weighted by atomic mass is 79.9. The highest BCUT2D eigenvalue weighted by Gasteiger charge is 2.53. The molecule has 2 atom stereocenters. The van der Waals surface area contributed by atoms with Crippen molar-refractivity contribution >= 4 is 27.7 Å². The molecule has 9 nitrogen and oxygen atoms in total. The maximum absolute atomic E-state index is 14.4. The van der Waals surface area contributed by atoms with Gasteiger partial charge in [0.2, 0.25) is 5.90 Å². The van der Waals surface area contributed by atoms with E-state index in [9.17, 15) is 4.79 Å². The van der Waals surface area contributed by atoms with Crippen molar-refractivity contribution in [3.63, 3.8) is 0 Å². The summed E-state index contributed by atoms with van der Waals surface area (Å²) in [5.74, 6) is 1.98. The number of rotatable bonds is 14. The molecule has 1 aliphatic heterocycles. The van der Waals surface area contributed by atoms with Crippen molar-refractivity contribution in [3.8, 4) is 17.2 Å². The smallest absolute Gasteiger partial charge is 0.266 e. The summed E-state index contributed by atoms with van der Waals surface area (Å²) in [6, 6.07) is 30.3. The number of carbonyl (C=O) groups is 1. The van der Waals surface area contributed by atoms with Gasteiger partial charge in [-0.15, -0.1) is 0 Å². The van der Waals surface area contributed by atoms with Crippen LogP contribution in [0.15, 0.2) is 107 Å². The quantitative estimate of drug-likeness (QED) is 0.119. The molecule has 0 unspecified atom stereocenters. The summed E-state index contributed by atoms with van der Waals surface area (Å²) in [5.41, 5.74) is 7.92. The number of aliphatic hydroxyl groups is 1. The van der Waals surface area contributed by atoms with E-state index < -0.39 is 11.6 Å². The Bertz CT molecular complexity index is 1620. The average molecular weight is 675 g/mol. The highest BCUT2D eigenvalue weighted by molar-refractivity contribution is 9.10. The normalized spacial score (nSPS) is 17.2. The van der Waals surface area contributed by atoms with E-state index in [0.29, 0.717) is 48.3 Å². The number of carbonyl (C=O) groups excluding carboxylic acids is 1. The highest BCUT2D eigenvalue weighted by Crippen LogP contribution is 2.43. The van der Waals surface area contributed by atoms with Crippen LogP contribution in [0.1, 0.15) is 34.8 Å². The fourth-order valence-corrected chi connectivity index (χ4v) is 5.59. The third-order valence-corrected chi connectivity index (χ3v) is 8.30. The van der Waals surface area contributed by atoms with E-state index in [1.807, 2.05) is 91.0 Å². The van der Waals surface area contributed by atoms with Crippen LogP contribution in [0, 0.1) is 0 Å². The predicted octanol–water partition coefficient (Wildman–Crippen LogP) is 5.55. The number of hydrogen-bond acceptors (Lipinski definition) is 8. The first kappa shape index (κ1) is 32.0. The molecule has 0 aliphatic carbocycles. The van der Waals surface area contributed by atoms with Crippen molar-refractivity contribution in [2.45, 2.75) is 31.0 Å². The molecule has 4 aromatic rings. The summed E-state index contributed by atoms with van der Waals surface area (Å²) < 4.78 is 24.0. The van der Waals surface area contributed by atoms with Gasteiger partial charge in [0, 0.05) is 47.7 Å². The van der Waals surface area contributed by atoms with Gasteiger partial charge in [0.05, 0.1) is 20.8 Å². The van der Waals surface area contributed by atoms with Gasteiger partial charge >= 0.3 is 0 Å². The van der Waals surface area contributed by atoms with Crippen molar-refractivity contribution in [2.24, 2.45) is 4.99 Å². The number of nitrogens with one attached hydrogen (secondary N) is 2. The van der Waals surface area contributed by atoms with Gasteiger partial charge in [0.1, 0.15) is 17.2 Å². The summed E-state index contributed by atoms with van der Waals surface area (Å²) in [7, 11) is 3.19. The molecule has 0 aromatic heterocycles. The van der Waals surface area contributed by atoms with Crippen LogP contribution >= 0.6 is 15.9 Å². The van der Waals surface area contributed by atoms with E-state index >= 15 is 0 Å². The molecule has 5 rings (SSSR count). The van der Waals surface area contributed by atoms with Crippen molar-refractivity contribution in [3.05, 3.63) is 124 Å². The fraction of sp³-hybridized carbons (Fsp3) is 0.257. The molecule has 10 heteroatoms. The van der Waals surface area contributed by atoms with Crippen LogP contribution in [0.5, 0.6) is 17.2 Å². The van der Waals surface area contributed by atoms with Crippen LogP contribution in [-0.2, 0) is 22.5 Å². The number of halogens is 1. The summed E-state index contributed by atoms with van der Waals surface area (Å²) in [5, 5.41) is 9.06. The van der Waals surface area contributed by atoms with Crippen LogP contribution in [-0.4, -0.2) is 49.9 Å². The molecule has 0 radical (unpaired) electrons. The molecular weight excluding hydrogens is 638 g/mol. The molecule has 0 saturated heterocycles. The van der Waals surface area contributed by atoms with Crippen LogP contribution < -0.4 is 25.1 Å². The Morgan fingerprint density at radius 3 is 2.38 bits per heavy atom. The van der Waals surface area contributed by atoms with Gasteiger partial charge < -0.3 is 24.1 Å². The van der Waals surface area contributed by atoms with E-state index in [0.717, 1.165) is 21.2 Å². The largest absolute Gasteiger partial charge is 0.497 e. The second kappa shape index (κ2) is 15.1. The van der Waals surface area contributed by atoms with Crippen LogP contribution in [0.3, 0.4) is 0 Å². The van der Waals surface area contributed by atoms with Crippen LogP contribution in [0.2, 0.25) is 0 Å². The third-order valence-electron chi connectivity index (χ3n) is 7.53. The minimum Gasteiger partial charge on any atom is -0.497 e. The lowest BCUT2D eigenvalue weighted by atomic mass is 9.82. The Hall–Kier alpha value is -4.38. The van der Waals surface area contributed by atoms with Crippen molar-refractivity contribution in [2.75, 3.05) is 27.4 Å². The molecule has 45 heavy (non-hydrogen) atoms. The first-order valence-electron chi connectivity index (χ1n) is 14.6. The zero-order valence-corrected chi connectivity index (χ0v) is 26.8. The van der Waals surface area contributed by atoms with E-state index in [-0.39, 0.29) is 18.9 Å². The molecule has 1 heterocycles. The molecule has 234 valence electrons. The zero-order valence-electron chi connectivity index (χ0n) is 25.2. The van der Waals surface area contributed by atoms with Gasteiger partial charge in [0.15, 0.2) is 11.6 Å². The topological polar surface area (TPSA) is 111 Å². The molecule has 0 spiro atoms. The van der Waals surface area contributed by atoms with Crippen LogP contribution in [0.4, 0.5) is 0 Å². The summed E-state index contributed by atoms with van der Waals surface area (Å²) in [6.45, 7) is 0.775. The van der Waals surface area contributed by atoms with Gasteiger partial charge in [-0.3, -0.25) is 10.2 Å². The monoisotopic (exact) mass is 673 g/mol. The molecule has 1 amide bonds. The Balaban J connectivity index is 1.49. The van der Waals surface area contributed by atoms with Crippen molar-refractivity contribution in [1.29, 1.82) is 0 Å². The maximum Gasteiger partial charge on any atom is 0.266 e. The lowest BCUT2D eigenvalue weighted by Crippen LogP contribution is -2.53. The number of aliphatic imine (C=N–C) groups is 1. The minimum atomic E-state index is -1.37. The number of aliphatic hydroxyl groups excluding tert-OH is 1. The molecule has 0 saturated carbocycles. The summed E-state index contributed by atoms with van der Waals surface area (Å²) >= 11 is 3.67. The van der Waals surface area contributed by atoms with E-state index in [4.69, 9.17) is 29.0 Å². The van der Waals surface area contributed by atoms with Gasteiger partial charge in [-0.25, -0.2) is 10.4 Å². The SMILES string of the molecule is COc1ccc(CNNC(=O)[C@@]2(Cc3ccccc3Br)N=C(c3ccc(OCCCO)cc3)O[C@H]2c2ccccc2)c(OC)c1. The lowest BCUT2D eigenvalue weighted by molar-refractivity contribution is -0.130. The standard InChI is InChI=1S/C35H36BrN3O6/c1-42-29-18-15-27(31(21-29)43-2)23-37-39-34(41)35(22-26-11-6-7-12-30(26)36)32(24-9-4-3-5-10-24)45-33(38-35)25-13-16-28(17-14-25)44-20-8-19-40/h3-7,9-18,21,32,37,40H,8,19-20,22-23H2,1-2H3,(H,39,41)/t32-,35-/m0/s1. The summed E-state index contributed by atoms with van der Waals surface area (Å²) in [6.07, 6.45) is 0.0835. The number of ether oxygens (including phenoxy) is 4. The molecular formula is C35H36BrN3O6. The van der Waals surface area contributed by atoms with Gasteiger partial charge in [-0.2, -0.15) is 0 Å². The second-order valence-electron chi connectivity index (χ2n) is 10.5. The lowest BCUT2D eigenvalue weighted by Gasteiger charge is -2.31. The minimum absolute atomic E-state index is 0.0633. The Kier molecular flexibility index (Phi) is 10.7. The molecule has 3 N–H and O–H groups in total. The molecule has 0 fully saturated rings. The number of hydrogen-bond donors (Lipinski definition) is 3. The second-order valence-corrected chi connectivity index (χ2v) is 11.3. The number of amides is 1. The fourth-order valence-electron chi connectivity index (χ4n) is 5.17. The first-order chi connectivity index (χ1) is 22.0. The maximum atomic E-state index is 14.4. The Labute approximate surface area is 271 Å². The van der Waals surface area contributed by atoms with Gasteiger partial charge in [-0.1, -0.05) is 70.5 Å².